The average Bonchev–Trinajstić information content (AvgIpc) is 3.12. The zero-order valence-corrected chi connectivity index (χ0v) is 15.8. The SMILES string of the molecule is CCOC(=O)/C=C1\SCC(=O)N1CCSc1nc2ccc(Cl)cc2[nH]1. The minimum absolute atomic E-state index is 0.00228. The maximum Gasteiger partial charge on any atom is 0.333 e. The zero-order valence-electron chi connectivity index (χ0n) is 13.5. The molecule has 1 aliphatic rings. The van der Waals surface area contributed by atoms with Gasteiger partial charge in [-0.25, -0.2) is 9.78 Å². The number of aromatic nitrogens is 2. The summed E-state index contributed by atoms with van der Waals surface area (Å²) < 4.78 is 4.91. The van der Waals surface area contributed by atoms with Gasteiger partial charge in [-0.3, -0.25) is 4.79 Å². The van der Waals surface area contributed by atoms with E-state index < -0.39 is 5.97 Å². The van der Waals surface area contributed by atoms with E-state index in [1.165, 1.54) is 29.6 Å². The molecule has 1 aromatic heterocycles. The standard InChI is InChI=1S/C16H16ClN3O3S2/c1-2-23-15(22)8-14-20(13(21)9-25-14)5-6-24-16-18-11-4-3-10(17)7-12(11)19-16/h3-4,7-8H,2,5-6,9H2,1H3,(H,18,19)/b14-8-. The van der Waals surface area contributed by atoms with Crippen molar-refractivity contribution in [3.63, 3.8) is 0 Å². The van der Waals surface area contributed by atoms with E-state index >= 15 is 0 Å². The van der Waals surface area contributed by atoms with Gasteiger partial charge in [0.05, 0.1) is 34.5 Å². The van der Waals surface area contributed by atoms with E-state index in [0.29, 0.717) is 34.7 Å². The molecule has 9 heteroatoms. The predicted octanol–water partition coefficient (Wildman–Crippen LogP) is 3.29. The van der Waals surface area contributed by atoms with Gasteiger partial charge in [-0.05, 0) is 25.1 Å². The molecule has 0 atom stereocenters. The predicted molar refractivity (Wildman–Crippen MR) is 101 cm³/mol. The van der Waals surface area contributed by atoms with Crippen molar-refractivity contribution in [2.75, 3.05) is 24.7 Å². The third-order valence-corrected chi connectivity index (χ3v) is 5.53. The molecule has 0 bridgehead atoms. The van der Waals surface area contributed by atoms with Crippen LogP contribution >= 0.6 is 35.1 Å². The number of thioether (sulfide) groups is 2. The molecule has 0 saturated carbocycles. The summed E-state index contributed by atoms with van der Waals surface area (Å²) >= 11 is 8.84. The molecule has 1 aliphatic heterocycles. The normalized spacial score (nSPS) is 16.2. The van der Waals surface area contributed by atoms with Gasteiger partial charge in [0, 0.05) is 17.3 Å². The number of aromatic amines is 1. The number of nitrogens with one attached hydrogen (secondary N) is 1. The van der Waals surface area contributed by atoms with Crippen LogP contribution in [0.25, 0.3) is 11.0 Å². The quantitative estimate of drug-likeness (QED) is 0.458. The number of carbonyl (C=O) groups is 2. The second kappa shape index (κ2) is 8.16. The molecule has 1 aromatic carbocycles. The van der Waals surface area contributed by atoms with Crippen molar-refractivity contribution < 1.29 is 14.3 Å². The fraction of sp³-hybridized carbons (Fsp3) is 0.312. The second-order valence-electron chi connectivity index (χ2n) is 5.12. The van der Waals surface area contributed by atoms with Gasteiger partial charge in [-0.15, -0.1) is 0 Å². The van der Waals surface area contributed by atoms with Crippen LogP contribution in [0.5, 0.6) is 0 Å². The zero-order chi connectivity index (χ0) is 17.8. The Bertz CT molecular complexity index is 837. The lowest BCUT2D eigenvalue weighted by Crippen LogP contribution is -2.27. The molecular weight excluding hydrogens is 382 g/mol. The highest BCUT2D eigenvalue weighted by Crippen LogP contribution is 2.30. The molecule has 25 heavy (non-hydrogen) atoms. The Kier molecular flexibility index (Phi) is 5.93. The topological polar surface area (TPSA) is 75.3 Å². The van der Waals surface area contributed by atoms with Gasteiger partial charge in [0.1, 0.15) is 0 Å². The number of carbonyl (C=O) groups excluding carboxylic acids is 2. The minimum atomic E-state index is -0.425. The van der Waals surface area contributed by atoms with Crippen LogP contribution in [0.3, 0.4) is 0 Å². The summed E-state index contributed by atoms with van der Waals surface area (Å²) in [4.78, 5) is 32.9. The lowest BCUT2D eigenvalue weighted by Gasteiger charge is -2.16. The third-order valence-electron chi connectivity index (χ3n) is 3.41. The molecule has 0 unspecified atom stereocenters. The van der Waals surface area contributed by atoms with Crippen molar-refractivity contribution in [1.29, 1.82) is 0 Å². The maximum atomic E-state index is 12.0. The summed E-state index contributed by atoms with van der Waals surface area (Å²) in [7, 11) is 0. The van der Waals surface area contributed by atoms with Crippen LogP contribution in [0.15, 0.2) is 34.5 Å². The summed E-state index contributed by atoms with van der Waals surface area (Å²) in [6, 6.07) is 5.49. The molecule has 132 valence electrons. The number of amides is 1. The number of H-pyrrole nitrogens is 1. The number of fused-ring (bicyclic) bond motifs is 1. The van der Waals surface area contributed by atoms with Crippen molar-refractivity contribution in [2.45, 2.75) is 12.1 Å². The Morgan fingerprint density at radius 3 is 3.20 bits per heavy atom. The Balaban J connectivity index is 1.61. The molecule has 1 N–H and O–H groups in total. The molecule has 1 saturated heterocycles. The molecule has 3 rings (SSSR count). The highest BCUT2D eigenvalue weighted by molar-refractivity contribution is 8.04. The van der Waals surface area contributed by atoms with Crippen LogP contribution in [0.1, 0.15) is 6.92 Å². The van der Waals surface area contributed by atoms with Crippen molar-refractivity contribution in [3.05, 3.63) is 34.3 Å². The first-order chi connectivity index (χ1) is 12.1. The van der Waals surface area contributed by atoms with Gasteiger partial charge in [-0.1, -0.05) is 35.1 Å². The summed E-state index contributed by atoms with van der Waals surface area (Å²) in [5.41, 5.74) is 1.73. The van der Waals surface area contributed by atoms with E-state index in [-0.39, 0.29) is 5.91 Å². The Labute approximate surface area is 158 Å². The van der Waals surface area contributed by atoms with E-state index in [1.54, 1.807) is 17.9 Å². The minimum Gasteiger partial charge on any atom is -0.463 e. The fourth-order valence-corrected chi connectivity index (χ4v) is 4.25. The summed E-state index contributed by atoms with van der Waals surface area (Å²) in [6.07, 6.45) is 1.38. The number of benzene rings is 1. The van der Waals surface area contributed by atoms with Crippen LogP contribution in [0, 0.1) is 0 Å². The number of nitrogens with zero attached hydrogens (tertiary/aromatic N) is 2. The largest absolute Gasteiger partial charge is 0.463 e. The van der Waals surface area contributed by atoms with E-state index in [9.17, 15) is 9.59 Å². The monoisotopic (exact) mass is 397 g/mol. The number of hydrogen-bond acceptors (Lipinski definition) is 6. The van der Waals surface area contributed by atoms with Crippen molar-refractivity contribution in [3.8, 4) is 0 Å². The van der Waals surface area contributed by atoms with Gasteiger partial charge in [0.25, 0.3) is 0 Å². The molecule has 6 nitrogen and oxygen atoms in total. The molecule has 2 heterocycles. The molecule has 0 spiro atoms. The smallest absolute Gasteiger partial charge is 0.333 e. The first-order valence-electron chi connectivity index (χ1n) is 7.66. The molecular formula is C16H16ClN3O3S2. The van der Waals surface area contributed by atoms with Gasteiger partial charge in [0.15, 0.2) is 5.16 Å². The van der Waals surface area contributed by atoms with Crippen LogP contribution < -0.4 is 0 Å². The van der Waals surface area contributed by atoms with Gasteiger partial charge in [0.2, 0.25) is 5.91 Å². The highest BCUT2D eigenvalue weighted by Gasteiger charge is 2.27. The number of halogens is 1. The highest BCUT2D eigenvalue weighted by atomic mass is 35.5. The van der Waals surface area contributed by atoms with Crippen LogP contribution in [0.2, 0.25) is 5.02 Å². The number of imidazole rings is 1. The van der Waals surface area contributed by atoms with Gasteiger partial charge >= 0.3 is 5.97 Å². The molecule has 1 amide bonds. The van der Waals surface area contributed by atoms with Crippen molar-refractivity contribution in [1.82, 2.24) is 14.9 Å². The van der Waals surface area contributed by atoms with E-state index in [0.717, 1.165) is 16.2 Å². The van der Waals surface area contributed by atoms with Gasteiger partial charge < -0.3 is 14.6 Å². The fourth-order valence-electron chi connectivity index (χ4n) is 2.31. The summed E-state index contributed by atoms with van der Waals surface area (Å²) in [5.74, 6) is 0.572. The summed E-state index contributed by atoms with van der Waals surface area (Å²) in [6.45, 7) is 2.56. The van der Waals surface area contributed by atoms with E-state index in [1.807, 2.05) is 12.1 Å². The van der Waals surface area contributed by atoms with Crippen LogP contribution in [-0.4, -0.2) is 51.4 Å². The molecule has 1 fully saturated rings. The maximum absolute atomic E-state index is 12.0. The van der Waals surface area contributed by atoms with Gasteiger partial charge in [-0.2, -0.15) is 0 Å². The Morgan fingerprint density at radius 2 is 2.40 bits per heavy atom. The van der Waals surface area contributed by atoms with Crippen molar-refractivity contribution >= 4 is 58.0 Å². The number of rotatable bonds is 6. The Morgan fingerprint density at radius 1 is 1.56 bits per heavy atom. The lowest BCUT2D eigenvalue weighted by atomic mass is 10.3. The Hall–Kier alpha value is -1.64. The van der Waals surface area contributed by atoms with Crippen LogP contribution in [-0.2, 0) is 14.3 Å². The number of hydrogen-bond donors (Lipinski definition) is 1. The number of ether oxygens (including phenoxy) is 1. The molecule has 2 aromatic rings. The van der Waals surface area contributed by atoms with E-state index in [2.05, 4.69) is 9.97 Å². The number of esters is 1. The summed E-state index contributed by atoms with van der Waals surface area (Å²) in [5, 5.41) is 2.06. The first-order valence-corrected chi connectivity index (χ1v) is 10.0. The third kappa shape index (κ3) is 4.50. The second-order valence-corrected chi connectivity index (χ2v) is 7.64. The van der Waals surface area contributed by atoms with E-state index in [4.69, 9.17) is 16.3 Å². The van der Waals surface area contributed by atoms with Crippen LogP contribution in [0.4, 0.5) is 0 Å². The molecule has 0 aliphatic carbocycles. The first kappa shape index (κ1) is 18.2. The molecule has 0 radical (unpaired) electrons. The average molecular weight is 398 g/mol. The van der Waals surface area contributed by atoms with Crippen molar-refractivity contribution in [2.24, 2.45) is 0 Å². The lowest BCUT2D eigenvalue weighted by molar-refractivity contribution is -0.137.